The maximum atomic E-state index is 13.3. The first-order chi connectivity index (χ1) is 17.1. The van der Waals surface area contributed by atoms with Gasteiger partial charge in [-0.25, -0.2) is 9.97 Å². The van der Waals surface area contributed by atoms with Gasteiger partial charge in [0.15, 0.2) is 11.6 Å². The number of nitrogens with zero attached hydrogens (tertiary/aromatic N) is 4. The number of carbonyl (C=O) groups excluding carboxylic acids is 1. The van der Waals surface area contributed by atoms with Gasteiger partial charge in [0, 0.05) is 67.0 Å². The molecule has 1 saturated heterocycles. The van der Waals surface area contributed by atoms with E-state index in [0.29, 0.717) is 24.9 Å². The van der Waals surface area contributed by atoms with Crippen molar-refractivity contribution in [1.29, 1.82) is 0 Å². The molecule has 1 fully saturated rings. The van der Waals surface area contributed by atoms with Gasteiger partial charge >= 0.3 is 0 Å². The van der Waals surface area contributed by atoms with Gasteiger partial charge in [-0.3, -0.25) is 9.78 Å². The van der Waals surface area contributed by atoms with Gasteiger partial charge in [0.05, 0.1) is 25.1 Å². The minimum Gasteiger partial charge on any atom is -0.382 e. The Morgan fingerprint density at radius 2 is 2.11 bits per heavy atom. The summed E-state index contributed by atoms with van der Waals surface area (Å²) >= 11 is 0. The Hall–Kier alpha value is -3.56. The van der Waals surface area contributed by atoms with Gasteiger partial charge < -0.3 is 26.0 Å². The first kappa shape index (κ1) is 23.2. The Labute approximate surface area is 205 Å². The van der Waals surface area contributed by atoms with Crippen LogP contribution in [0.15, 0.2) is 42.9 Å². The number of morpholine rings is 1. The highest BCUT2D eigenvalue weighted by Crippen LogP contribution is 2.30. The van der Waals surface area contributed by atoms with Crippen molar-refractivity contribution < 1.29 is 9.53 Å². The van der Waals surface area contributed by atoms with E-state index in [1.165, 1.54) is 5.56 Å². The van der Waals surface area contributed by atoms with Gasteiger partial charge in [-0.2, -0.15) is 0 Å². The van der Waals surface area contributed by atoms with Crippen molar-refractivity contribution >= 4 is 23.0 Å². The van der Waals surface area contributed by atoms with E-state index in [2.05, 4.69) is 42.6 Å². The maximum absolute atomic E-state index is 13.3. The molecule has 182 valence electrons. The molecule has 0 saturated carbocycles. The lowest BCUT2D eigenvalue weighted by Gasteiger charge is -2.30. The van der Waals surface area contributed by atoms with Gasteiger partial charge in [-0.15, -0.1) is 0 Å². The van der Waals surface area contributed by atoms with Crippen LogP contribution < -0.4 is 21.3 Å². The van der Waals surface area contributed by atoms with E-state index in [-0.39, 0.29) is 23.7 Å². The number of fused-ring (bicyclic) bond motifs is 1. The highest BCUT2D eigenvalue weighted by atomic mass is 16.5. The van der Waals surface area contributed by atoms with E-state index in [1.54, 1.807) is 18.6 Å². The normalized spacial score (nSPS) is 17.5. The fourth-order valence-electron chi connectivity index (χ4n) is 4.79. The molecular weight excluding hydrogens is 442 g/mol. The van der Waals surface area contributed by atoms with E-state index in [0.717, 1.165) is 55.0 Å². The summed E-state index contributed by atoms with van der Waals surface area (Å²) in [5.41, 5.74) is 12.1. The topological polar surface area (TPSA) is 118 Å². The Kier molecular flexibility index (Phi) is 6.87. The minimum atomic E-state index is -0.172. The molecule has 9 nitrogen and oxygen atoms in total. The standard InChI is InChI=1S/C26H31N7O2/c1-28-15-20-4-2-17-12-18(3-5-21(17)31-20)22-16-30-26(27)25(32-22)24(34)13-19-14-29-7-6-23(19)33-8-10-35-11-9-33/h3,5-7,12,14,16,20,28,31H,2,4,8-11,13,15H2,1H3,(H2,27,30). The minimum absolute atomic E-state index is 0.144. The summed E-state index contributed by atoms with van der Waals surface area (Å²) in [6.45, 7) is 3.84. The smallest absolute Gasteiger partial charge is 0.189 e. The fraction of sp³-hybridized carbons (Fsp3) is 0.385. The van der Waals surface area contributed by atoms with Crippen molar-refractivity contribution in [2.45, 2.75) is 25.3 Å². The third kappa shape index (κ3) is 5.11. The number of anilines is 3. The van der Waals surface area contributed by atoms with Crippen LogP contribution in [0.25, 0.3) is 11.3 Å². The fourth-order valence-corrected chi connectivity index (χ4v) is 4.79. The highest BCUT2D eigenvalue weighted by Gasteiger charge is 2.21. The van der Waals surface area contributed by atoms with Gasteiger partial charge in [0.25, 0.3) is 0 Å². The van der Waals surface area contributed by atoms with E-state index in [4.69, 9.17) is 10.5 Å². The molecule has 4 N–H and O–H groups in total. The molecular formula is C26H31N7O2. The second kappa shape index (κ2) is 10.4. The average Bonchev–Trinajstić information content (AvgIpc) is 2.89. The number of aryl methyl sites for hydroxylation is 1. The molecule has 1 atom stereocenters. The Morgan fingerprint density at radius 1 is 1.26 bits per heavy atom. The number of hydrogen-bond acceptors (Lipinski definition) is 9. The van der Waals surface area contributed by atoms with Crippen LogP contribution in [0.2, 0.25) is 0 Å². The number of Topliss-reactive ketones (excluding diaryl/α,β-unsaturated/α-hetero) is 1. The number of hydrogen-bond donors (Lipinski definition) is 3. The Bertz CT molecular complexity index is 1210. The molecule has 35 heavy (non-hydrogen) atoms. The SMILES string of the molecule is CNCC1CCc2cc(-c3cnc(N)c(C(=O)Cc4cnccc4N4CCOCC4)n3)ccc2N1. The number of ketones is 1. The summed E-state index contributed by atoms with van der Waals surface area (Å²) < 4.78 is 5.47. The van der Waals surface area contributed by atoms with Gasteiger partial charge in [-0.1, -0.05) is 6.07 Å². The predicted octanol–water partition coefficient (Wildman–Crippen LogP) is 2.33. The summed E-state index contributed by atoms with van der Waals surface area (Å²) in [6.07, 6.45) is 7.33. The molecule has 4 heterocycles. The Morgan fingerprint density at radius 3 is 2.94 bits per heavy atom. The molecule has 5 rings (SSSR count). The van der Waals surface area contributed by atoms with Crippen molar-refractivity contribution in [3.8, 4) is 11.3 Å². The zero-order chi connectivity index (χ0) is 24.2. The molecule has 0 radical (unpaired) electrons. The van der Waals surface area contributed by atoms with Crippen LogP contribution in [-0.4, -0.2) is 66.7 Å². The maximum Gasteiger partial charge on any atom is 0.189 e. The quantitative estimate of drug-likeness (QED) is 0.444. The second-order valence-electron chi connectivity index (χ2n) is 9.00. The summed E-state index contributed by atoms with van der Waals surface area (Å²) in [6, 6.07) is 8.59. The van der Waals surface area contributed by atoms with Crippen molar-refractivity contribution in [3.05, 3.63) is 59.7 Å². The molecule has 0 bridgehead atoms. The van der Waals surface area contributed by atoms with Crippen LogP contribution in [0, 0.1) is 0 Å². The summed E-state index contributed by atoms with van der Waals surface area (Å²) in [5, 5.41) is 6.81. The second-order valence-corrected chi connectivity index (χ2v) is 9.00. The monoisotopic (exact) mass is 473 g/mol. The molecule has 3 aromatic rings. The van der Waals surface area contributed by atoms with Crippen LogP contribution in [0.3, 0.4) is 0 Å². The number of nitrogen functional groups attached to an aromatic ring is 1. The van der Waals surface area contributed by atoms with Crippen molar-refractivity contribution in [3.63, 3.8) is 0 Å². The van der Waals surface area contributed by atoms with Crippen molar-refractivity contribution in [1.82, 2.24) is 20.3 Å². The molecule has 9 heteroatoms. The van der Waals surface area contributed by atoms with E-state index in [9.17, 15) is 4.79 Å². The van der Waals surface area contributed by atoms with Gasteiger partial charge in [0.2, 0.25) is 0 Å². The zero-order valence-corrected chi connectivity index (χ0v) is 20.0. The number of likely N-dealkylation sites (N-methyl/N-ethyl adjacent to an activating group) is 1. The van der Waals surface area contributed by atoms with E-state index in [1.807, 2.05) is 19.2 Å². The number of ether oxygens (including phenoxy) is 1. The third-order valence-corrected chi connectivity index (χ3v) is 6.62. The lowest BCUT2D eigenvalue weighted by Crippen LogP contribution is -2.37. The summed E-state index contributed by atoms with van der Waals surface area (Å²) in [7, 11) is 1.97. The zero-order valence-electron chi connectivity index (χ0n) is 20.0. The first-order valence-corrected chi connectivity index (χ1v) is 12.1. The van der Waals surface area contributed by atoms with Crippen LogP contribution in [0.4, 0.5) is 17.2 Å². The lowest BCUT2D eigenvalue weighted by atomic mass is 9.95. The molecule has 1 unspecified atom stereocenters. The van der Waals surface area contributed by atoms with Gasteiger partial charge in [-0.05, 0) is 43.7 Å². The van der Waals surface area contributed by atoms with Crippen LogP contribution in [0.1, 0.15) is 28.0 Å². The van der Waals surface area contributed by atoms with Gasteiger partial charge in [0.1, 0.15) is 5.69 Å². The highest BCUT2D eigenvalue weighted by molar-refractivity contribution is 6.00. The van der Waals surface area contributed by atoms with Crippen LogP contribution in [0.5, 0.6) is 0 Å². The largest absolute Gasteiger partial charge is 0.382 e. The summed E-state index contributed by atoms with van der Waals surface area (Å²) in [5.74, 6) is -0.0287. The number of nitrogens with one attached hydrogen (secondary N) is 2. The molecule has 2 aliphatic heterocycles. The molecule has 2 aliphatic rings. The molecule has 0 spiro atoms. The molecule has 1 aromatic carbocycles. The number of pyridine rings is 1. The van der Waals surface area contributed by atoms with E-state index >= 15 is 0 Å². The predicted molar refractivity (Wildman–Crippen MR) is 137 cm³/mol. The third-order valence-electron chi connectivity index (χ3n) is 6.62. The number of benzene rings is 1. The lowest BCUT2D eigenvalue weighted by molar-refractivity contribution is 0.0988. The molecule has 2 aromatic heterocycles. The first-order valence-electron chi connectivity index (χ1n) is 12.1. The van der Waals surface area contributed by atoms with Crippen LogP contribution in [-0.2, 0) is 17.6 Å². The molecule has 0 amide bonds. The Balaban J connectivity index is 1.37. The number of nitrogens with two attached hydrogens (primary N) is 1. The summed E-state index contributed by atoms with van der Waals surface area (Å²) in [4.78, 5) is 28.7. The van der Waals surface area contributed by atoms with Crippen molar-refractivity contribution in [2.75, 3.05) is 55.8 Å². The van der Waals surface area contributed by atoms with Crippen molar-refractivity contribution in [2.24, 2.45) is 0 Å². The van der Waals surface area contributed by atoms with E-state index < -0.39 is 0 Å². The number of rotatable bonds is 7. The molecule has 0 aliphatic carbocycles. The number of aromatic nitrogens is 3. The number of carbonyl (C=O) groups is 1. The average molecular weight is 474 g/mol. The van der Waals surface area contributed by atoms with Crippen LogP contribution >= 0.6 is 0 Å².